The molecule has 0 aromatic heterocycles. The summed E-state index contributed by atoms with van der Waals surface area (Å²) in [7, 11) is 1.69. The van der Waals surface area contributed by atoms with E-state index in [0.29, 0.717) is 20.0 Å². The van der Waals surface area contributed by atoms with E-state index in [1.807, 2.05) is 0 Å². The van der Waals surface area contributed by atoms with Gasteiger partial charge in [0.2, 0.25) is 0 Å². The summed E-state index contributed by atoms with van der Waals surface area (Å²) in [5, 5.41) is 0. The second-order valence-corrected chi connectivity index (χ2v) is 2.70. The van der Waals surface area contributed by atoms with Crippen LogP contribution in [0.4, 0.5) is 0 Å². The van der Waals surface area contributed by atoms with E-state index in [1.165, 1.54) is 0 Å². The normalized spacial score (nSPS) is 23.2. The van der Waals surface area contributed by atoms with E-state index in [-0.39, 0.29) is 6.10 Å². The quantitative estimate of drug-likeness (QED) is 0.549. The van der Waals surface area contributed by atoms with Crippen LogP contribution in [0.25, 0.3) is 0 Å². The van der Waals surface area contributed by atoms with E-state index in [0.717, 1.165) is 19.6 Å². The van der Waals surface area contributed by atoms with Gasteiger partial charge < -0.3 is 18.9 Å². The maximum Gasteiger partial charge on any atom is 0.147 e. The highest BCUT2D eigenvalue weighted by molar-refractivity contribution is 4.57. The van der Waals surface area contributed by atoms with Crippen molar-refractivity contribution in [2.45, 2.75) is 12.5 Å². The lowest BCUT2D eigenvalue weighted by Gasteiger charge is -2.07. The zero-order chi connectivity index (χ0) is 8.65. The summed E-state index contributed by atoms with van der Waals surface area (Å²) < 4.78 is 20.4. The van der Waals surface area contributed by atoms with Crippen molar-refractivity contribution in [1.82, 2.24) is 0 Å². The molecule has 1 rings (SSSR count). The minimum atomic E-state index is 0.132. The maximum atomic E-state index is 5.33. The van der Waals surface area contributed by atoms with Crippen molar-refractivity contribution in [3.63, 3.8) is 0 Å². The predicted octanol–water partition coefficient (Wildman–Crippen LogP) is 0.412. The molecule has 1 aliphatic rings. The van der Waals surface area contributed by atoms with E-state index < -0.39 is 0 Å². The second kappa shape index (κ2) is 6.37. The SMILES string of the molecule is COCCCOCC1COCO1. The maximum absolute atomic E-state index is 5.33. The molecule has 1 fully saturated rings. The number of hydrogen-bond acceptors (Lipinski definition) is 4. The topological polar surface area (TPSA) is 36.9 Å². The molecule has 0 spiro atoms. The van der Waals surface area contributed by atoms with Gasteiger partial charge in [0.1, 0.15) is 12.9 Å². The van der Waals surface area contributed by atoms with Crippen LogP contribution >= 0.6 is 0 Å². The second-order valence-electron chi connectivity index (χ2n) is 2.70. The Balaban J connectivity index is 1.81. The molecule has 1 atom stereocenters. The Labute approximate surface area is 72.7 Å². The molecular formula is C8H16O4. The van der Waals surface area contributed by atoms with Crippen LogP contribution in [0, 0.1) is 0 Å². The van der Waals surface area contributed by atoms with Crippen LogP contribution in [0.15, 0.2) is 0 Å². The number of hydrogen-bond donors (Lipinski definition) is 0. The van der Waals surface area contributed by atoms with Crippen molar-refractivity contribution in [2.24, 2.45) is 0 Å². The van der Waals surface area contributed by atoms with Gasteiger partial charge >= 0.3 is 0 Å². The fourth-order valence-corrected chi connectivity index (χ4v) is 0.988. The molecule has 0 aromatic carbocycles. The van der Waals surface area contributed by atoms with Crippen molar-refractivity contribution < 1.29 is 18.9 Å². The fraction of sp³-hybridized carbons (Fsp3) is 1.00. The van der Waals surface area contributed by atoms with Crippen molar-refractivity contribution in [3.8, 4) is 0 Å². The molecule has 72 valence electrons. The first kappa shape index (κ1) is 9.92. The third-order valence-corrected chi connectivity index (χ3v) is 1.63. The van der Waals surface area contributed by atoms with Crippen LogP contribution < -0.4 is 0 Å². The number of methoxy groups -OCH3 is 1. The molecule has 1 heterocycles. The first-order valence-electron chi connectivity index (χ1n) is 4.19. The zero-order valence-electron chi connectivity index (χ0n) is 7.45. The minimum Gasteiger partial charge on any atom is -0.385 e. The lowest BCUT2D eigenvalue weighted by molar-refractivity contribution is 0.00171. The van der Waals surface area contributed by atoms with Gasteiger partial charge in [0, 0.05) is 20.3 Å². The molecule has 1 unspecified atom stereocenters. The average molecular weight is 176 g/mol. The third kappa shape index (κ3) is 4.01. The smallest absolute Gasteiger partial charge is 0.147 e. The first-order valence-corrected chi connectivity index (χ1v) is 4.19. The van der Waals surface area contributed by atoms with E-state index in [9.17, 15) is 0 Å². The van der Waals surface area contributed by atoms with E-state index >= 15 is 0 Å². The summed E-state index contributed by atoms with van der Waals surface area (Å²) in [5.74, 6) is 0. The first-order chi connectivity index (χ1) is 5.93. The Kier molecular flexibility index (Phi) is 5.27. The molecule has 4 heteroatoms. The van der Waals surface area contributed by atoms with Crippen molar-refractivity contribution >= 4 is 0 Å². The van der Waals surface area contributed by atoms with Crippen LogP contribution in [0.1, 0.15) is 6.42 Å². The molecule has 0 aliphatic carbocycles. The molecule has 1 saturated heterocycles. The van der Waals surface area contributed by atoms with Gasteiger partial charge in [0.15, 0.2) is 0 Å². The molecule has 0 N–H and O–H groups in total. The standard InChI is InChI=1S/C8H16O4/c1-9-3-2-4-10-5-8-6-11-7-12-8/h8H,2-7H2,1H3. The van der Waals surface area contributed by atoms with Gasteiger partial charge in [-0.2, -0.15) is 0 Å². The molecule has 4 nitrogen and oxygen atoms in total. The molecule has 0 radical (unpaired) electrons. The van der Waals surface area contributed by atoms with Crippen LogP contribution in [0.3, 0.4) is 0 Å². The van der Waals surface area contributed by atoms with Crippen LogP contribution in [-0.4, -0.2) is 46.4 Å². The van der Waals surface area contributed by atoms with E-state index in [1.54, 1.807) is 7.11 Å². The van der Waals surface area contributed by atoms with Gasteiger partial charge in [-0.25, -0.2) is 0 Å². The van der Waals surface area contributed by atoms with Gasteiger partial charge in [-0.1, -0.05) is 0 Å². The summed E-state index contributed by atoms with van der Waals surface area (Å²) in [4.78, 5) is 0. The fourth-order valence-electron chi connectivity index (χ4n) is 0.988. The Hall–Kier alpha value is -0.160. The highest BCUT2D eigenvalue weighted by atomic mass is 16.7. The van der Waals surface area contributed by atoms with Gasteiger partial charge in [-0.05, 0) is 6.42 Å². The van der Waals surface area contributed by atoms with Gasteiger partial charge in [-0.3, -0.25) is 0 Å². The lowest BCUT2D eigenvalue weighted by Crippen LogP contribution is -2.18. The van der Waals surface area contributed by atoms with Gasteiger partial charge in [0.25, 0.3) is 0 Å². The van der Waals surface area contributed by atoms with Crippen molar-refractivity contribution in [1.29, 1.82) is 0 Å². The molecule has 0 amide bonds. The summed E-state index contributed by atoms with van der Waals surface area (Å²) in [6, 6.07) is 0. The Bertz CT molecular complexity index is 101. The molecule has 12 heavy (non-hydrogen) atoms. The summed E-state index contributed by atoms with van der Waals surface area (Å²) in [6.07, 6.45) is 1.07. The highest BCUT2D eigenvalue weighted by Gasteiger charge is 2.15. The lowest BCUT2D eigenvalue weighted by atomic mass is 10.4. The van der Waals surface area contributed by atoms with Crippen LogP contribution in [0.2, 0.25) is 0 Å². The van der Waals surface area contributed by atoms with Gasteiger partial charge in [-0.15, -0.1) is 0 Å². The largest absolute Gasteiger partial charge is 0.385 e. The number of ether oxygens (including phenoxy) is 4. The zero-order valence-corrected chi connectivity index (χ0v) is 7.45. The van der Waals surface area contributed by atoms with Crippen LogP contribution in [0.5, 0.6) is 0 Å². The minimum absolute atomic E-state index is 0.132. The Morgan fingerprint density at radius 3 is 3.00 bits per heavy atom. The molecule has 1 aliphatic heterocycles. The summed E-state index contributed by atoms with van der Waals surface area (Å²) in [6.45, 7) is 3.18. The van der Waals surface area contributed by atoms with Crippen molar-refractivity contribution in [2.75, 3.05) is 40.3 Å². The molecule has 0 bridgehead atoms. The van der Waals surface area contributed by atoms with E-state index in [4.69, 9.17) is 18.9 Å². The predicted molar refractivity (Wildman–Crippen MR) is 43.0 cm³/mol. The molecular weight excluding hydrogens is 160 g/mol. The summed E-state index contributed by atoms with van der Waals surface area (Å²) in [5.41, 5.74) is 0. The van der Waals surface area contributed by atoms with Crippen LogP contribution in [-0.2, 0) is 18.9 Å². The highest BCUT2D eigenvalue weighted by Crippen LogP contribution is 2.02. The number of rotatable bonds is 6. The summed E-state index contributed by atoms with van der Waals surface area (Å²) >= 11 is 0. The average Bonchev–Trinajstić information content (AvgIpc) is 2.57. The van der Waals surface area contributed by atoms with Gasteiger partial charge in [0.05, 0.1) is 13.2 Å². The Morgan fingerprint density at radius 2 is 2.33 bits per heavy atom. The molecule has 0 aromatic rings. The monoisotopic (exact) mass is 176 g/mol. The van der Waals surface area contributed by atoms with E-state index in [2.05, 4.69) is 0 Å². The Morgan fingerprint density at radius 1 is 1.42 bits per heavy atom. The molecule has 0 saturated carbocycles. The third-order valence-electron chi connectivity index (χ3n) is 1.63. The van der Waals surface area contributed by atoms with Crippen molar-refractivity contribution in [3.05, 3.63) is 0 Å².